The van der Waals surface area contributed by atoms with Crippen LogP contribution in [-0.4, -0.2) is 66.9 Å². The molecule has 1 saturated heterocycles. The zero-order chi connectivity index (χ0) is 24.2. The Morgan fingerprint density at radius 1 is 1.09 bits per heavy atom. The number of piperidine rings is 1. The third-order valence-electron chi connectivity index (χ3n) is 6.78. The summed E-state index contributed by atoms with van der Waals surface area (Å²) in [6.45, 7) is 2.29. The van der Waals surface area contributed by atoms with Crippen LogP contribution in [0.1, 0.15) is 36.8 Å². The first-order chi connectivity index (χ1) is 16.4. The molecule has 1 aliphatic heterocycles. The Balaban J connectivity index is 1.39. The number of alkyl carbamates (subject to hydrolysis) is 1. The van der Waals surface area contributed by atoms with Crippen molar-refractivity contribution in [3.63, 3.8) is 0 Å². The van der Waals surface area contributed by atoms with E-state index in [1.54, 1.807) is 4.90 Å². The van der Waals surface area contributed by atoms with Gasteiger partial charge < -0.3 is 24.8 Å². The van der Waals surface area contributed by atoms with Gasteiger partial charge in [0.2, 0.25) is 5.91 Å². The Morgan fingerprint density at radius 2 is 1.71 bits per heavy atom. The number of amides is 2. The standard InChI is InChI=1S/C26H30N2O6/c1-16-13-17(25(30)31)11-12-28(16)24(29)23(15-33-2)27-26(32)34-14-22-20-9-5-3-7-18(20)19-8-4-6-10-21(19)22/h3-10,16-17,22-23H,11-15H2,1-2H3,(H,27,32)(H,30,31)/t16-,17-,23-/m0/s1. The number of hydrogen-bond acceptors (Lipinski definition) is 5. The van der Waals surface area contributed by atoms with Crippen molar-refractivity contribution in [2.45, 2.75) is 37.8 Å². The number of ether oxygens (including phenoxy) is 2. The Kier molecular flexibility index (Phi) is 7.17. The molecule has 4 rings (SSSR count). The highest BCUT2D eigenvalue weighted by atomic mass is 16.5. The van der Waals surface area contributed by atoms with Crippen LogP contribution >= 0.6 is 0 Å². The van der Waals surface area contributed by atoms with Crippen LogP contribution in [0.3, 0.4) is 0 Å². The summed E-state index contributed by atoms with van der Waals surface area (Å²) in [6, 6.07) is 15.0. The molecule has 0 bridgehead atoms. The fourth-order valence-corrected chi connectivity index (χ4v) is 5.05. The van der Waals surface area contributed by atoms with Gasteiger partial charge in [0, 0.05) is 25.6 Å². The summed E-state index contributed by atoms with van der Waals surface area (Å²) in [6.07, 6.45) is 0.0762. The number of fused-ring (bicyclic) bond motifs is 3. The molecule has 34 heavy (non-hydrogen) atoms. The molecular weight excluding hydrogens is 436 g/mol. The maximum atomic E-state index is 13.1. The molecule has 0 unspecified atom stereocenters. The van der Waals surface area contributed by atoms with Crippen molar-refractivity contribution in [2.24, 2.45) is 5.92 Å². The predicted molar refractivity (Wildman–Crippen MR) is 125 cm³/mol. The smallest absolute Gasteiger partial charge is 0.407 e. The number of rotatable bonds is 7. The Hall–Kier alpha value is -3.39. The summed E-state index contributed by atoms with van der Waals surface area (Å²) in [4.78, 5) is 38.7. The second-order valence-electron chi connectivity index (χ2n) is 8.92. The first-order valence-corrected chi connectivity index (χ1v) is 11.5. The number of carbonyl (C=O) groups excluding carboxylic acids is 2. The Bertz CT molecular complexity index is 1030. The highest BCUT2D eigenvalue weighted by molar-refractivity contribution is 5.86. The van der Waals surface area contributed by atoms with Crippen LogP contribution in [0, 0.1) is 5.92 Å². The molecule has 1 aliphatic carbocycles. The van der Waals surface area contributed by atoms with Gasteiger partial charge in [-0.05, 0) is 42.0 Å². The normalized spacial score (nSPS) is 20.2. The van der Waals surface area contributed by atoms with E-state index in [9.17, 15) is 19.5 Å². The number of carbonyl (C=O) groups is 3. The van der Waals surface area contributed by atoms with Gasteiger partial charge in [-0.25, -0.2) is 4.79 Å². The molecule has 0 radical (unpaired) electrons. The average Bonchev–Trinajstić information content (AvgIpc) is 3.15. The fourth-order valence-electron chi connectivity index (χ4n) is 5.05. The van der Waals surface area contributed by atoms with Crippen molar-refractivity contribution < 1.29 is 29.0 Å². The lowest BCUT2D eigenvalue weighted by Gasteiger charge is -2.38. The number of benzene rings is 2. The van der Waals surface area contributed by atoms with Crippen molar-refractivity contribution in [3.05, 3.63) is 59.7 Å². The highest BCUT2D eigenvalue weighted by Crippen LogP contribution is 2.44. The lowest BCUT2D eigenvalue weighted by atomic mass is 9.91. The summed E-state index contributed by atoms with van der Waals surface area (Å²) in [5, 5.41) is 11.9. The fraction of sp³-hybridized carbons (Fsp3) is 0.423. The van der Waals surface area contributed by atoms with Gasteiger partial charge >= 0.3 is 12.1 Å². The quantitative estimate of drug-likeness (QED) is 0.649. The molecule has 0 aromatic heterocycles. The molecule has 2 aromatic carbocycles. The molecular formula is C26H30N2O6. The van der Waals surface area contributed by atoms with Gasteiger partial charge in [0.25, 0.3) is 0 Å². The monoisotopic (exact) mass is 466 g/mol. The van der Waals surface area contributed by atoms with Gasteiger partial charge in [0.05, 0.1) is 12.5 Å². The largest absolute Gasteiger partial charge is 0.481 e. The third-order valence-corrected chi connectivity index (χ3v) is 6.78. The van der Waals surface area contributed by atoms with Gasteiger partial charge in [0.1, 0.15) is 12.6 Å². The molecule has 2 aromatic rings. The first kappa shape index (κ1) is 23.8. The number of methoxy groups -OCH3 is 1. The zero-order valence-corrected chi connectivity index (χ0v) is 19.4. The van der Waals surface area contributed by atoms with Crippen LogP contribution in [0.15, 0.2) is 48.5 Å². The van der Waals surface area contributed by atoms with Crippen molar-refractivity contribution in [2.75, 3.05) is 26.9 Å². The molecule has 1 fully saturated rings. The van der Waals surface area contributed by atoms with E-state index in [0.29, 0.717) is 19.4 Å². The number of aliphatic carboxylic acids is 1. The Morgan fingerprint density at radius 3 is 2.26 bits per heavy atom. The summed E-state index contributed by atoms with van der Waals surface area (Å²) < 4.78 is 10.7. The van der Waals surface area contributed by atoms with Crippen molar-refractivity contribution in [3.8, 4) is 11.1 Å². The molecule has 2 amide bonds. The van der Waals surface area contributed by atoms with Gasteiger partial charge in [-0.15, -0.1) is 0 Å². The molecule has 0 saturated carbocycles. The zero-order valence-electron chi connectivity index (χ0n) is 19.4. The first-order valence-electron chi connectivity index (χ1n) is 11.5. The molecule has 0 spiro atoms. The lowest BCUT2D eigenvalue weighted by Crippen LogP contribution is -2.55. The number of carboxylic acid groups (broad SMARTS) is 1. The van der Waals surface area contributed by atoms with Crippen LogP contribution in [-0.2, 0) is 19.1 Å². The highest BCUT2D eigenvalue weighted by Gasteiger charge is 2.36. The summed E-state index contributed by atoms with van der Waals surface area (Å²) in [5.41, 5.74) is 4.49. The van der Waals surface area contributed by atoms with E-state index < -0.39 is 24.0 Å². The number of nitrogens with one attached hydrogen (secondary N) is 1. The molecule has 8 heteroatoms. The minimum atomic E-state index is -0.913. The molecule has 8 nitrogen and oxygen atoms in total. The van der Waals surface area contributed by atoms with Crippen LogP contribution in [0.25, 0.3) is 11.1 Å². The van der Waals surface area contributed by atoms with Crippen LogP contribution < -0.4 is 5.32 Å². The summed E-state index contributed by atoms with van der Waals surface area (Å²) in [5.74, 6) is -1.68. The Labute approximate surface area is 198 Å². The third kappa shape index (κ3) is 4.77. The van der Waals surface area contributed by atoms with Crippen molar-refractivity contribution in [1.29, 1.82) is 0 Å². The number of likely N-dealkylation sites (tertiary alicyclic amines) is 1. The van der Waals surface area contributed by atoms with E-state index in [2.05, 4.69) is 17.4 Å². The second kappa shape index (κ2) is 10.3. The predicted octanol–water partition coefficient (Wildman–Crippen LogP) is 3.25. The van der Waals surface area contributed by atoms with E-state index in [0.717, 1.165) is 22.3 Å². The number of carboxylic acids is 1. The van der Waals surface area contributed by atoms with Gasteiger partial charge in [-0.2, -0.15) is 0 Å². The maximum absolute atomic E-state index is 13.1. The van der Waals surface area contributed by atoms with Gasteiger partial charge in [0.15, 0.2) is 0 Å². The molecule has 3 atom stereocenters. The summed E-state index contributed by atoms with van der Waals surface area (Å²) >= 11 is 0. The SMILES string of the molecule is COC[C@H](NC(=O)OCC1c2ccccc2-c2ccccc21)C(=O)N1CC[C@H](C(=O)O)C[C@@H]1C. The van der Waals surface area contributed by atoms with E-state index in [4.69, 9.17) is 9.47 Å². The topological polar surface area (TPSA) is 105 Å². The average molecular weight is 467 g/mol. The van der Waals surface area contributed by atoms with Gasteiger partial charge in [-0.1, -0.05) is 48.5 Å². The van der Waals surface area contributed by atoms with E-state index in [1.165, 1.54) is 7.11 Å². The minimum Gasteiger partial charge on any atom is -0.481 e. The lowest BCUT2D eigenvalue weighted by molar-refractivity contribution is -0.148. The van der Waals surface area contributed by atoms with Gasteiger partial charge in [-0.3, -0.25) is 9.59 Å². The molecule has 1 heterocycles. The van der Waals surface area contributed by atoms with Crippen molar-refractivity contribution >= 4 is 18.0 Å². The van der Waals surface area contributed by atoms with E-state index in [1.807, 2.05) is 43.3 Å². The van der Waals surface area contributed by atoms with E-state index in [-0.39, 0.29) is 31.1 Å². The van der Waals surface area contributed by atoms with E-state index >= 15 is 0 Å². The van der Waals surface area contributed by atoms with Crippen LogP contribution in [0.4, 0.5) is 4.79 Å². The number of nitrogens with zero attached hydrogens (tertiary/aromatic N) is 1. The molecule has 2 N–H and O–H groups in total. The second-order valence-corrected chi connectivity index (χ2v) is 8.92. The number of hydrogen-bond donors (Lipinski definition) is 2. The van der Waals surface area contributed by atoms with Crippen LogP contribution in [0.5, 0.6) is 0 Å². The molecule has 180 valence electrons. The maximum Gasteiger partial charge on any atom is 0.407 e. The summed E-state index contributed by atoms with van der Waals surface area (Å²) in [7, 11) is 1.46. The minimum absolute atomic E-state index is 0.00535. The van der Waals surface area contributed by atoms with Crippen LogP contribution in [0.2, 0.25) is 0 Å². The van der Waals surface area contributed by atoms with Crippen molar-refractivity contribution in [1.82, 2.24) is 10.2 Å². The molecule has 2 aliphatic rings.